The molecule has 0 radical (unpaired) electrons. The maximum atomic E-state index is 3.61. The van der Waals surface area contributed by atoms with Crippen molar-refractivity contribution < 1.29 is 0 Å². The van der Waals surface area contributed by atoms with E-state index in [1.807, 2.05) is 0 Å². The number of hydrogen-bond donors (Lipinski definition) is 1. The van der Waals surface area contributed by atoms with Gasteiger partial charge < -0.3 is 10.2 Å². The average molecular weight is 262 g/mol. The van der Waals surface area contributed by atoms with Crippen molar-refractivity contribution in [2.75, 3.05) is 20.1 Å². The minimum Gasteiger partial charge on any atom is -0.312 e. The SMILES string of the molecule is CCNC(CN(C)Cc1ccccc1C)C(C)(C)C. The molecule has 0 saturated heterocycles. The van der Waals surface area contributed by atoms with Crippen LogP contribution >= 0.6 is 0 Å². The van der Waals surface area contributed by atoms with Crippen molar-refractivity contribution in [2.24, 2.45) is 5.41 Å². The zero-order chi connectivity index (χ0) is 14.5. The highest BCUT2D eigenvalue weighted by Crippen LogP contribution is 2.20. The smallest absolute Gasteiger partial charge is 0.0243 e. The largest absolute Gasteiger partial charge is 0.312 e. The zero-order valence-electron chi connectivity index (χ0n) is 13.5. The second-order valence-corrected chi connectivity index (χ2v) is 6.60. The fourth-order valence-corrected chi connectivity index (χ4v) is 2.35. The molecule has 0 aliphatic heterocycles. The molecule has 1 N–H and O–H groups in total. The van der Waals surface area contributed by atoms with Gasteiger partial charge in [-0.05, 0) is 37.1 Å². The highest BCUT2D eigenvalue weighted by Gasteiger charge is 2.24. The van der Waals surface area contributed by atoms with Crippen molar-refractivity contribution in [1.29, 1.82) is 0 Å². The molecule has 0 aliphatic carbocycles. The van der Waals surface area contributed by atoms with Gasteiger partial charge in [0.25, 0.3) is 0 Å². The third-order valence-electron chi connectivity index (χ3n) is 3.69. The molecule has 0 saturated carbocycles. The van der Waals surface area contributed by atoms with Crippen LogP contribution in [0.2, 0.25) is 0 Å². The van der Waals surface area contributed by atoms with Gasteiger partial charge in [0.2, 0.25) is 0 Å². The van der Waals surface area contributed by atoms with Crippen LogP contribution in [0.5, 0.6) is 0 Å². The van der Waals surface area contributed by atoms with E-state index in [4.69, 9.17) is 0 Å². The number of nitrogens with one attached hydrogen (secondary N) is 1. The van der Waals surface area contributed by atoms with Gasteiger partial charge in [-0.25, -0.2) is 0 Å². The Balaban J connectivity index is 2.63. The summed E-state index contributed by atoms with van der Waals surface area (Å²) < 4.78 is 0. The van der Waals surface area contributed by atoms with Crippen molar-refractivity contribution in [3.8, 4) is 0 Å². The number of benzene rings is 1. The minimum atomic E-state index is 0.288. The standard InChI is InChI=1S/C17H30N2/c1-7-18-16(17(3,4)5)13-19(6)12-15-11-9-8-10-14(15)2/h8-11,16,18H,7,12-13H2,1-6H3. The monoisotopic (exact) mass is 262 g/mol. The van der Waals surface area contributed by atoms with Gasteiger partial charge in [-0.3, -0.25) is 0 Å². The van der Waals surface area contributed by atoms with E-state index in [-0.39, 0.29) is 5.41 Å². The van der Waals surface area contributed by atoms with E-state index in [1.54, 1.807) is 0 Å². The molecule has 1 aromatic carbocycles. The molecule has 1 unspecified atom stereocenters. The highest BCUT2D eigenvalue weighted by atomic mass is 15.1. The quantitative estimate of drug-likeness (QED) is 0.844. The van der Waals surface area contributed by atoms with E-state index in [9.17, 15) is 0 Å². The van der Waals surface area contributed by atoms with Crippen LogP contribution in [0.1, 0.15) is 38.8 Å². The predicted molar refractivity (Wildman–Crippen MR) is 84.4 cm³/mol. The molecule has 2 nitrogen and oxygen atoms in total. The summed E-state index contributed by atoms with van der Waals surface area (Å²) in [6, 6.07) is 9.17. The molecular formula is C17H30N2. The summed E-state index contributed by atoms with van der Waals surface area (Å²) in [6.45, 7) is 14.4. The molecule has 108 valence electrons. The molecule has 0 fully saturated rings. The Morgan fingerprint density at radius 2 is 1.84 bits per heavy atom. The third kappa shape index (κ3) is 5.33. The summed E-state index contributed by atoms with van der Waals surface area (Å²) in [4.78, 5) is 2.42. The first-order valence-corrected chi connectivity index (χ1v) is 7.31. The normalized spacial score (nSPS) is 13.8. The summed E-state index contributed by atoms with van der Waals surface area (Å²) in [5, 5.41) is 3.61. The lowest BCUT2D eigenvalue weighted by Gasteiger charge is -2.34. The van der Waals surface area contributed by atoms with Crippen molar-refractivity contribution in [3.63, 3.8) is 0 Å². The van der Waals surface area contributed by atoms with Gasteiger partial charge in [0.1, 0.15) is 0 Å². The van der Waals surface area contributed by atoms with Crippen LogP contribution in [-0.4, -0.2) is 31.1 Å². The molecule has 0 bridgehead atoms. The molecule has 0 aromatic heterocycles. The van der Waals surface area contributed by atoms with Gasteiger partial charge in [-0.2, -0.15) is 0 Å². The summed E-state index contributed by atoms with van der Waals surface area (Å²) in [5.41, 5.74) is 3.09. The maximum Gasteiger partial charge on any atom is 0.0243 e. The minimum absolute atomic E-state index is 0.288. The van der Waals surface area contributed by atoms with E-state index in [0.29, 0.717) is 6.04 Å². The number of nitrogens with zero attached hydrogens (tertiary/aromatic N) is 1. The molecule has 0 heterocycles. The zero-order valence-corrected chi connectivity index (χ0v) is 13.5. The molecule has 0 spiro atoms. The lowest BCUT2D eigenvalue weighted by molar-refractivity contribution is 0.192. The summed E-state index contributed by atoms with van der Waals surface area (Å²) >= 11 is 0. The van der Waals surface area contributed by atoms with Gasteiger partial charge >= 0.3 is 0 Å². The number of hydrogen-bond acceptors (Lipinski definition) is 2. The number of rotatable bonds is 6. The van der Waals surface area contributed by atoms with Crippen LogP contribution in [0.25, 0.3) is 0 Å². The molecule has 1 aromatic rings. The highest BCUT2D eigenvalue weighted by molar-refractivity contribution is 5.25. The van der Waals surface area contributed by atoms with Crippen LogP contribution < -0.4 is 5.32 Å². The Morgan fingerprint density at radius 3 is 2.37 bits per heavy atom. The molecule has 1 atom stereocenters. The third-order valence-corrected chi connectivity index (χ3v) is 3.69. The van der Waals surface area contributed by atoms with E-state index >= 15 is 0 Å². The molecule has 19 heavy (non-hydrogen) atoms. The van der Waals surface area contributed by atoms with Crippen LogP contribution in [-0.2, 0) is 6.54 Å². The Labute approximate surface area is 119 Å². The molecular weight excluding hydrogens is 232 g/mol. The second-order valence-electron chi connectivity index (χ2n) is 6.60. The molecule has 2 heteroatoms. The second kappa shape index (κ2) is 7.06. The van der Waals surface area contributed by atoms with Gasteiger partial charge in [0.05, 0.1) is 0 Å². The molecule has 0 aliphatic rings. The van der Waals surface area contributed by atoms with Crippen molar-refractivity contribution in [2.45, 2.75) is 47.2 Å². The van der Waals surface area contributed by atoms with Gasteiger partial charge in [0.15, 0.2) is 0 Å². The van der Waals surface area contributed by atoms with E-state index < -0.39 is 0 Å². The van der Waals surface area contributed by atoms with Crippen LogP contribution in [0.3, 0.4) is 0 Å². The molecule has 1 rings (SSSR count). The van der Waals surface area contributed by atoms with Gasteiger partial charge in [-0.15, -0.1) is 0 Å². The lowest BCUT2D eigenvalue weighted by Crippen LogP contribution is -2.47. The first-order chi connectivity index (χ1) is 8.84. The first kappa shape index (κ1) is 16.2. The van der Waals surface area contributed by atoms with Crippen LogP contribution in [0, 0.1) is 12.3 Å². The number of aryl methyl sites for hydroxylation is 1. The van der Waals surface area contributed by atoms with Gasteiger partial charge in [0, 0.05) is 19.1 Å². The fourth-order valence-electron chi connectivity index (χ4n) is 2.35. The Morgan fingerprint density at radius 1 is 1.21 bits per heavy atom. The van der Waals surface area contributed by atoms with Crippen LogP contribution in [0.4, 0.5) is 0 Å². The topological polar surface area (TPSA) is 15.3 Å². The Hall–Kier alpha value is -0.860. The van der Waals surface area contributed by atoms with Crippen molar-refractivity contribution in [3.05, 3.63) is 35.4 Å². The van der Waals surface area contributed by atoms with Crippen LogP contribution in [0.15, 0.2) is 24.3 Å². The van der Waals surface area contributed by atoms with Crippen molar-refractivity contribution in [1.82, 2.24) is 10.2 Å². The molecule has 0 amide bonds. The van der Waals surface area contributed by atoms with E-state index in [0.717, 1.165) is 19.6 Å². The van der Waals surface area contributed by atoms with Crippen molar-refractivity contribution >= 4 is 0 Å². The Kier molecular flexibility index (Phi) is 6.02. The van der Waals surface area contributed by atoms with E-state index in [1.165, 1.54) is 11.1 Å². The summed E-state index contributed by atoms with van der Waals surface area (Å²) in [7, 11) is 2.21. The summed E-state index contributed by atoms with van der Waals surface area (Å²) in [5.74, 6) is 0. The Bertz CT molecular complexity index is 379. The fraction of sp³-hybridized carbons (Fsp3) is 0.647. The van der Waals surface area contributed by atoms with Gasteiger partial charge in [-0.1, -0.05) is 52.0 Å². The maximum absolute atomic E-state index is 3.61. The average Bonchev–Trinajstić information content (AvgIpc) is 2.30. The van der Waals surface area contributed by atoms with E-state index in [2.05, 4.69) is 76.1 Å². The number of likely N-dealkylation sites (N-methyl/N-ethyl adjacent to an activating group) is 2. The summed E-state index contributed by atoms with van der Waals surface area (Å²) in [6.07, 6.45) is 0. The lowest BCUT2D eigenvalue weighted by atomic mass is 9.86. The first-order valence-electron chi connectivity index (χ1n) is 7.31. The predicted octanol–water partition coefficient (Wildman–Crippen LogP) is 3.45.